The lowest BCUT2D eigenvalue weighted by Crippen LogP contribution is -2.23. The fourth-order valence-electron chi connectivity index (χ4n) is 3.03. The molecule has 0 unspecified atom stereocenters. The highest BCUT2D eigenvalue weighted by molar-refractivity contribution is 5.93. The summed E-state index contributed by atoms with van der Waals surface area (Å²) in [5.41, 5.74) is 2.26. The first kappa shape index (κ1) is 20.9. The summed E-state index contributed by atoms with van der Waals surface area (Å²) in [5, 5.41) is 13.4. The number of rotatable bonds is 7. The average molecular weight is 402 g/mol. The van der Waals surface area contributed by atoms with Crippen molar-refractivity contribution in [3.8, 4) is 11.8 Å². The molecular formula is C24H22N2O4. The maximum absolute atomic E-state index is 12.4. The summed E-state index contributed by atoms with van der Waals surface area (Å²) in [6.07, 6.45) is 0.312. The van der Waals surface area contributed by atoms with Gasteiger partial charge in [-0.1, -0.05) is 36.4 Å². The van der Waals surface area contributed by atoms with Crippen molar-refractivity contribution >= 4 is 28.3 Å². The molecule has 0 aliphatic carbocycles. The second kappa shape index (κ2) is 9.57. The number of nitrogens with one attached hydrogen (secondary N) is 1. The number of methoxy groups -OCH3 is 1. The standard InChI is InChI=1S/C24H22N2O4/c1-16(18-5-6-20-14-22(29-2)10-7-19(20)13-18)24(28)30-15-23(27)26-21-8-3-17(4-9-21)11-12-25/h3-10,13-14,16H,11,15H2,1-2H3,(H,26,27)/t16-/m0/s1. The summed E-state index contributed by atoms with van der Waals surface area (Å²) in [6.45, 7) is 1.38. The number of hydrogen-bond acceptors (Lipinski definition) is 5. The quantitative estimate of drug-likeness (QED) is 0.599. The SMILES string of the molecule is COc1ccc2cc([C@H](C)C(=O)OCC(=O)Nc3ccc(CC#N)cc3)ccc2c1. The first-order valence-corrected chi connectivity index (χ1v) is 9.50. The Hall–Kier alpha value is -3.85. The minimum Gasteiger partial charge on any atom is -0.497 e. The Morgan fingerprint density at radius 3 is 2.43 bits per heavy atom. The molecule has 0 heterocycles. The predicted octanol–water partition coefficient (Wildman–Crippen LogP) is 4.20. The molecule has 0 saturated carbocycles. The minimum absolute atomic E-state index is 0.312. The second-order valence-corrected chi connectivity index (χ2v) is 6.88. The Balaban J connectivity index is 1.56. The van der Waals surface area contributed by atoms with E-state index in [1.165, 1.54) is 0 Å². The van der Waals surface area contributed by atoms with Crippen LogP contribution in [0.4, 0.5) is 5.69 Å². The molecule has 0 spiro atoms. The number of nitrogens with zero attached hydrogens (tertiary/aromatic N) is 1. The van der Waals surface area contributed by atoms with E-state index in [2.05, 4.69) is 11.4 Å². The Labute approximate surface area is 175 Å². The van der Waals surface area contributed by atoms with E-state index >= 15 is 0 Å². The van der Waals surface area contributed by atoms with Gasteiger partial charge in [0.25, 0.3) is 5.91 Å². The molecular weight excluding hydrogens is 380 g/mol. The molecule has 6 nitrogen and oxygen atoms in total. The van der Waals surface area contributed by atoms with Crippen molar-refractivity contribution in [3.05, 3.63) is 71.8 Å². The molecule has 0 aromatic heterocycles. The first-order valence-electron chi connectivity index (χ1n) is 9.50. The third-order valence-electron chi connectivity index (χ3n) is 4.79. The molecule has 3 aromatic carbocycles. The molecule has 0 fully saturated rings. The topological polar surface area (TPSA) is 88.4 Å². The van der Waals surface area contributed by atoms with Gasteiger partial charge >= 0.3 is 5.97 Å². The fourth-order valence-corrected chi connectivity index (χ4v) is 3.03. The molecule has 6 heteroatoms. The molecule has 0 radical (unpaired) electrons. The highest BCUT2D eigenvalue weighted by Gasteiger charge is 2.18. The van der Waals surface area contributed by atoms with E-state index in [0.717, 1.165) is 27.6 Å². The predicted molar refractivity (Wildman–Crippen MR) is 114 cm³/mol. The van der Waals surface area contributed by atoms with Crippen LogP contribution >= 0.6 is 0 Å². The van der Waals surface area contributed by atoms with Crippen molar-refractivity contribution in [1.82, 2.24) is 0 Å². The van der Waals surface area contributed by atoms with Gasteiger partial charge in [-0.3, -0.25) is 9.59 Å². The van der Waals surface area contributed by atoms with Gasteiger partial charge in [0, 0.05) is 5.69 Å². The van der Waals surface area contributed by atoms with Crippen molar-refractivity contribution in [1.29, 1.82) is 5.26 Å². The highest BCUT2D eigenvalue weighted by Crippen LogP contribution is 2.25. The van der Waals surface area contributed by atoms with Crippen molar-refractivity contribution < 1.29 is 19.1 Å². The first-order chi connectivity index (χ1) is 14.5. The number of nitriles is 1. The van der Waals surface area contributed by atoms with Crippen LogP contribution in [0.2, 0.25) is 0 Å². The maximum Gasteiger partial charge on any atom is 0.313 e. The molecule has 1 amide bonds. The largest absolute Gasteiger partial charge is 0.497 e. The van der Waals surface area contributed by atoms with Gasteiger partial charge in [0.2, 0.25) is 0 Å². The monoisotopic (exact) mass is 402 g/mol. The van der Waals surface area contributed by atoms with Gasteiger partial charge in [0.15, 0.2) is 6.61 Å². The summed E-state index contributed by atoms with van der Waals surface area (Å²) in [5.74, 6) is -0.625. The number of hydrogen-bond donors (Lipinski definition) is 1. The Morgan fingerprint density at radius 2 is 1.73 bits per heavy atom. The second-order valence-electron chi connectivity index (χ2n) is 6.88. The van der Waals surface area contributed by atoms with Gasteiger partial charge in [-0.05, 0) is 53.1 Å². The zero-order valence-electron chi connectivity index (χ0n) is 16.8. The molecule has 1 N–H and O–H groups in total. The van der Waals surface area contributed by atoms with Crippen LogP contribution in [-0.4, -0.2) is 25.6 Å². The van der Waals surface area contributed by atoms with E-state index in [0.29, 0.717) is 12.1 Å². The lowest BCUT2D eigenvalue weighted by atomic mass is 9.98. The van der Waals surface area contributed by atoms with E-state index in [-0.39, 0.29) is 6.61 Å². The Morgan fingerprint density at radius 1 is 1.03 bits per heavy atom. The van der Waals surface area contributed by atoms with Crippen LogP contribution in [-0.2, 0) is 20.7 Å². The number of amides is 1. The Bertz CT molecular complexity index is 1100. The van der Waals surface area contributed by atoms with E-state index in [1.807, 2.05) is 36.4 Å². The summed E-state index contributed by atoms with van der Waals surface area (Å²) in [4.78, 5) is 24.5. The fraction of sp³-hybridized carbons (Fsp3) is 0.208. The van der Waals surface area contributed by atoms with Crippen molar-refractivity contribution in [2.75, 3.05) is 19.0 Å². The molecule has 30 heavy (non-hydrogen) atoms. The lowest BCUT2D eigenvalue weighted by molar-refractivity contribution is -0.148. The van der Waals surface area contributed by atoms with E-state index < -0.39 is 17.8 Å². The molecule has 152 valence electrons. The van der Waals surface area contributed by atoms with Gasteiger partial charge in [-0.2, -0.15) is 5.26 Å². The molecule has 0 bridgehead atoms. The van der Waals surface area contributed by atoms with Crippen LogP contribution in [0.15, 0.2) is 60.7 Å². The minimum atomic E-state index is -0.505. The third-order valence-corrected chi connectivity index (χ3v) is 4.79. The Kier molecular flexibility index (Phi) is 6.66. The average Bonchev–Trinajstić information content (AvgIpc) is 2.77. The number of ether oxygens (including phenoxy) is 2. The van der Waals surface area contributed by atoms with Crippen LogP contribution in [0.5, 0.6) is 5.75 Å². The molecule has 3 aromatic rings. The summed E-state index contributed by atoms with van der Waals surface area (Å²) in [7, 11) is 1.62. The van der Waals surface area contributed by atoms with Crippen LogP contribution in [0.25, 0.3) is 10.8 Å². The smallest absolute Gasteiger partial charge is 0.313 e. The molecule has 1 atom stereocenters. The van der Waals surface area contributed by atoms with Crippen molar-refractivity contribution in [2.45, 2.75) is 19.3 Å². The summed E-state index contributed by atoms with van der Waals surface area (Å²) >= 11 is 0. The summed E-state index contributed by atoms with van der Waals surface area (Å²) < 4.78 is 10.4. The zero-order chi connectivity index (χ0) is 21.5. The van der Waals surface area contributed by atoms with Crippen LogP contribution in [0.1, 0.15) is 24.0 Å². The molecule has 0 saturated heterocycles. The third kappa shape index (κ3) is 5.15. The van der Waals surface area contributed by atoms with Crippen molar-refractivity contribution in [3.63, 3.8) is 0 Å². The molecule has 0 aliphatic heterocycles. The van der Waals surface area contributed by atoms with E-state index in [4.69, 9.17) is 14.7 Å². The number of benzene rings is 3. The van der Waals surface area contributed by atoms with Gasteiger partial charge in [0.05, 0.1) is 25.5 Å². The molecule has 3 rings (SSSR count). The molecule has 0 aliphatic rings. The summed E-state index contributed by atoms with van der Waals surface area (Å²) in [6, 6.07) is 20.5. The van der Waals surface area contributed by atoms with Crippen LogP contribution in [0, 0.1) is 11.3 Å². The van der Waals surface area contributed by atoms with Gasteiger partial charge < -0.3 is 14.8 Å². The maximum atomic E-state index is 12.4. The van der Waals surface area contributed by atoms with Crippen LogP contribution < -0.4 is 10.1 Å². The number of carbonyl (C=O) groups is 2. The lowest BCUT2D eigenvalue weighted by Gasteiger charge is -2.13. The van der Waals surface area contributed by atoms with Crippen LogP contribution in [0.3, 0.4) is 0 Å². The number of esters is 1. The normalized spacial score (nSPS) is 11.4. The van der Waals surface area contributed by atoms with Crippen molar-refractivity contribution in [2.24, 2.45) is 0 Å². The van der Waals surface area contributed by atoms with Gasteiger partial charge in [0.1, 0.15) is 5.75 Å². The van der Waals surface area contributed by atoms with E-state index in [1.54, 1.807) is 38.3 Å². The number of anilines is 1. The van der Waals surface area contributed by atoms with Gasteiger partial charge in [-0.15, -0.1) is 0 Å². The van der Waals surface area contributed by atoms with E-state index in [9.17, 15) is 9.59 Å². The van der Waals surface area contributed by atoms with Gasteiger partial charge in [-0.25, -0.2) is 0 Å². The zero-order valence-corrected chi connectivity index (χ0v) is 16.8. The number of carbonyl (C=O) groups excluding carboxylic acids is 2. The highest BCUT2D eigenvalue weighted by atomic mass is 16.5. The number of fused-ring (bicyclic) bond motifs is 1.